The number of hydrogen-bond donors (Lipinski definition) is 0. The maximum absolute atomic E-state index is 12.6. The summed E-state index contributed by atoms with van der Waals surface area (Å²) in [6.07, 6.45) is 1.65. The molecular weight excluding hydrogens is 422 g/mol. The molecular formula is C23H22ClNO4S. The first kappa shape index (κ1) is 21.9. The highest BCUT2D eigenvalue weighted by Crippen LogP contribution is 2.31. The zero-order valence-electron chi connectivity index (χ0n) is 16.9. The van der Waals surface area contributed by atoms with E-state index in [4.69, 9.17) is 20.5 Å². The summed E-state index contributed by atoms with van der Waals surface area (Å²) in [6, 6.07) is 17.0. The molecule has 3 rings (SSSR count). The molecule has 0 aromatic heterocycles. The molecule has 0 aliphatic heterocycles. The summed E-state index contributed by atoms with van der Waals surface area (Å²) >= 11 is 6.14. The van der Waals surface area contributed by atoms with Crippen LogP contribution in [-0.2, 0) is 10.1 Å². The molecule has 0 amide bonds. The van der Waals surface area contributed by atoms with Gasteiger partial charge in [0.25, 0.3) is 0 Å². The SMILES string of the molecule is CCOc1cc(C=Nc2ccc(C)c(Cl)c2)ccc1OS(=O)(=O)c1ccc(C)cc1. The Morgan fingerprint density at radius 1 is 0.967 bits per heavy atom. The molecule has 0 saturated heterocycles. The molecule has 0 fully saturated rings. The number of nitrogens with zero attached hydrogens (tertiary/aromatic N) is 1. The highest BCUT2D eigenvalue weighted by Gasteiger charge is 2.19. The number of benzene rings is 3. The molecule has 30 heavy (non-hydrogen) atoms. The van der Waals surface area contributed by atoms with Gasteiger partial charge in [-0.05, 0) is 74.4 Å². The number of rotatable bonds is 7. The van der Waals surface area contributed by atoms with E-state index in [0.717, 1.165) is 16.7 Å². The highest BCUT2D eigenvalue weighted by molar-refractivity contribution is 7.87. The fraction of sp³-hybridized carbons (Fsp3) is 0.174. The number of aliphatic imine (C=N–C) groups is 1. The second kappa shape index (κ2) is 9.32. The minimum Gasteiger partial charge on any atom is -0.490 e. The van der Waals surface area contributed by atoms with E-state index in [-0.39, 0.29) is 10.6 Å². The van der Waals surface area contributed by atoms with Gasteiger partial charge in [0.05, 0.1) is 12.3 Å². The van der Waals surface area contributed by atoms with E-state index in [9.17, 15) is 8.42 Å². The normalized spacial score (nSPS) is 11.6. The molecule has 0 bridgehead atoms. The average Bonchev–Trinajstić information content (AvgIpc) is 2.71. The summed E-state index contributed by atoms with van der Waals surface area (Å²) in [7, 11) is -3.98. The fourth-order valence-electron chi connectivity index (χ4n) is 2.62. The summed E-state index contributed by atoms with van der Waals surface area (Å²) in [5.74, 6) is 0.437. The lowest BCUT2D eigenvalue weighted by molar-refractivity contribution is 0.327. The smallest absolute Gasteiger partial charge is 0.339 e. The molecule has 0 radical (unpaired) electrons. The molecule has 0 unspecified atom stereocenters. The standard InChI is InChI=1S/C23H22ClNO4S/c1-4-28-23-13-18(15-25-19-9-7-17(3)21(24)14-19)8-12-22(23)29-30(26,27)20-10-5-16(2)6-11-20/h5-15H,4H2,1-3H3. The fourth-order valence-corrected chi connectivity index (χ4v) is 3.74. The van der Waals surface area contributed by atoms with Crippen molar-refractivity contribution >= 4 is 33.6 Å². The van der Waals surface area contributed by atoms with E-state index < -0.39 is 10.1 Å². The first-order chi connectivity index (χ1) is 14.3. The molecule has 0 saturated carbocycles. The van der Waals surface area contributed by atoms with Gasteiger partial charge in [0.1, 0.15) is 4.90 Å². The Morgan fingerprint density at radius 3 is 2.37 bits per heavy atom. The van der Waals surface area contributed by atoms with Crippen molar-refractivity contribution in [2.24, 2.45) is 4.99 Å². The average molecular weight is 444 g/mol. The van der Waals surface area contributed by atoms with Gasteiger partial charge in [-0.25, -0.2) is 0 Å². The van der Waals surface area contributed by atoms with E-state index in [1.165, 1.54) is 12.1 Å². The summed E-state index contributed by atoms with van der Waals surface area (Å²) in [4.78, 5) is 4.50. The van der Waals surface area contributed by atoms with Crippen molar-refractivity contribution in [1.29, 1.82) is 0 Å². The summed E-state index contributed by atoms with van der Waals surface area (Å²) in [6.45, 7) is 5.98. The van der Waals surface area contributed by atoms with Crippen LogP contribution in [0, 0.1) is 13.8 Å². The van der Waals surface area contributed by atoms with Crippen molar-refractivity contribution in [1.82, 2.24) is 0 Å². The second-order valence-electron chi connectivity index (χ2n) is 6.68. The quantitative estimate of drug-likeness (QED) is 0.338. The predicted octanol–water partition coefficient (Wildman–Crippen LogP) is 5.87. The number of ether oxygens (including phenoxy) is 1. The van der Waals surface area contributed by atoms with Crippen LogP contribution in [-0.4, -0.2) is 21.2 Å². The first-order valence-corrected chi connectivity index (χ1v) is 11.2. The van der Waals surface area contributed by atoms with Crippen molar-refractivity contribution in [2.45, 2.75) is 25.7 Å². The Morgan fingerprint density at radius 2 is 1.70 bits per heavy atom. The van der Waals surface area contributed by atoms with Crippen LogP contribution >= 0.6 is 11.6 Å². The first-order valence-electron chi connectivity index (χ1n) is 9.37. The van der Waals surface area contributed by atoms with E-state index >= 15 is 0 Å². The lowest BCUT2D eigenvalue weighted by Gasteiger charge is -2.12. The van der Waals surface area contributed by atoms with Crippen molar-refractivity contribution in [3.63, 3.8) is 0 Å². The van der Waals surface area contributed by atoms with E-state index in [1.54, 1.807) is 42.6 Å². The van der Waals surface area contributed by atoms with Crippen LogP contribution in [0.4, 0.5) is 5.69 Å². The second-order valence-corrected chi connectivity index (χ2v) is 8.63. The maximum Gasteiger partial charge on any atom is 0.339 e. The van der Waals surface area contributed by atoms with Crippen LogP contribution in [0.3, 0.4) is 0 Å². The summed E-state index contributed by atoms with van der Waals surface area (Å²) in [5, 5.41) is 0.643. The molecule has 0 atom stereocenters. The molecule has 0 aliphatic rings. The van der Waals surface area contributed by atoms with Crippen LogP contribution in [0.25, 0.3) is 0 Å². The van der Waals surface area contributed by atoms with Gasteiger partial charge in [-0.1, -0.05) is 35.4 Å². The Bertz CT molecular complexity index is 1170. The monoisotopic (exact) mass is 443 g/mol. The van der Waals surface area contributed by atoms with Gasteiger partial charge in [-0.2, -0.15) is 8.42 Å². The molecule has 3 aromatic rings. The minimum absolute atomic E-state index is 0.0810. The molecule has 3 aromatic carbocycles. The molecule has 0 spiro atoms. The van der Waals surface area contributed by atoms with Crippen LogP contribution in [0.15, 0.2) is 70.6 Å². The van der Waals surface area contributed by atoms with E-state index in [1.807, 2.05) is 32.9 Å². The van der Waals surface area contributed by atoms with Crippen molar-refractivity contribution in [2.75, 3.05) is 6.61 Å². The van der Waals surface area contributed by atoms with Gasteiger partial charge >= 0.3 is 10.1 Å². The van der Waals surface area contributed by atoms with Crippen LogP contribution < -0.4 is 8.92 Å². The predicted molar refractivity (Wildman–Crippen MR) is 120 cm³/mol. The van der Waals surface area contributed by atoms with Gasteiger partial charge in [-0.15, -0.1) is 0 Å². The van der Waals surface area contributed by atoms with Crippen LogP contribution in [0.1, 0.15) is 23.6 Å². The zero-order chi connectivity index (χ0) is 21.7. The third-order valence-corrected chi connectivity index (χ3v) is 5.95. The third-order valence-electron chi connectivity index (χ3n) is 4.29. The zero-order valence-corrected chi connectivity index (χ0v) is 18.5. The van der Waals surface area contributed by atoms with Gasteiger partial charge in [0.15, 0.2) is 11.5 Å². The summed E-state index contributed by atoms with van der Waals surface area (Å²) < 4.78 is 36.2. The molecule has 156 valence electrons. The molecule has 0 heterocycles. The Hall–Kier alpha value is -2.83. The number of hydrogen-bond acceptors (Lipinski definition) is 5. The lowest BCUT2D eigenvalue weighted by Crippen LogP contribution is -2.11. The maximum atomic E-state index is 12.6. The van der Waals surface area contributed by atoms with Crippen LogP contribution in [0.2, 0.25) is 5.02 Å². The van der Waals surface area contributed by atoms with Gasteiger partial charge in [-0.3, -0.25) is 4.99 Å². The van der Waals surface area contributed by atoms with Crippen molar-refractivity contribution in [3.05, 3.63) is 82.4 Å². The van der Waals surface area contributed by atoms with Gasteiger partial charge < -0.3 is 8.92 Å². The van der Waals surface area contributed by atoms with Gasteiger partial charge in [0.2, 0.25) is 0 Å². The number of aryl methyl sites for hydroxylation is 2. The summed E-state index contributed by atoms with van der Waals surface area (Å²) in [5.41, 5.74) is 3.38. The number of halogens is 1. The lowest BCUT2D eigenvalue weighted by atomic mass is 10.2. The van der Waals surface area contributed by atoms with Crippen molar-refractivity contribution in [3.8, 4) is 11.5 Å². The minimum atomic E-state index is -3.98. The Labute approximate surface area is 182 Å². The third kappa shape index (κ3) is 5.40. The molecule has 0 aliphatic carbocycles. The molecule has 0 N–H and O–H groups in total. The molecule has 7 heteroatoms. The van der Waals surface area contributed by atoms with Crippen LogP contribution in [0.5, 0.6) is 11.5 Å². The van der Waals surface area contributed by atoms with E-state index in [0.29, 0.717) is 23.1 Å². The topological polar surface area (TPSA) is 65.0 Å². The highest BCUT2D eigenvalue weighted by atomic mass is 35.5. The van der Waals surface area contributed by atoms with E-state index in [2.05, 4.69) is 4.99 Å². The van der Waals surface area contributed by atoms with Crippen molar-refractivity contribution < 1.29 is 17.3 Å². The molecule has 5 nitrogen and oxygen atoms in total. The largest absolute Gasteiger partial charge is 0.490 e. The Kier molecular flexibility index (Phi) is 6.80. The van der Waals surface area contributed by atoms with Gasteiger partial charge in [0, 0.05) is 11.2 Å². The Balaban J connectivity index is 1.86.